The number of aromatic carboxylic acids is 1. The van der Waals surface area contributed by atoms with Gasteiger partial charge in [-0.25, -0.2) is 9.18 Å². The quantitative estimate of drug-likeness (QED) is 0.927. The van der Waals surface area contributed by atoms with Gasteiger partial charge in [0.25, 0.3) is 0 Å². The standard InChI is InChI=1S/C15H10FNO3/c1-9-2-3-10(15(18)19)7-14(9)20-13-5-4-12(16)6-11(13)8-17/h2-7H,1H3,(H,18,19). The summed E-state index contributed by atoms with van der Waals surface area (Å²) in [6, 6.07) is 9.83. The second kappa shape index (κ2) is 5.41. The van der Waals surface area contributed by atoms with E-state index in [1.165, 1.54) is 24.3 Å². The number of carboxylic acid groups (broad SMARTS) is 1. The monoisotopic (exact) mass is 271 g/mol. The summed E-state index contributed by atoms with van der Waals surface area (Å²) in [5.74, 6) is -1.12. The number of halogens is 1. The number of benzene rings is 2. The predicted molar refractivity (Wildman–Crippen MR) is 69.3 cm³/mol. The molecular formula is C15H10FNO3. The second-order valence-electron chi connectivity index (χ2n) is 4.14. The molecular weight excluding hydrogens is 261 g/mol. The van der Waals surface area contributed by atoms with Crippen LogP contribution >= 0.6 is 0 Å². The fraction of sp³-hybridized carbons (Fsp3) is 0.0667. The molecule has 0 saturated carbocycles. The lowest BCUT2D eigenvalue weighted by atomic mass is 10.1. The third-order valence-corrected chi connectivity index (χ3v) is 2.72. The fourth-order valence-corrected chi connectivity index (χ4v) is 1.64. The van der Waals surface area contributed by atoms with Gasteiger partial charge in [0.1, 0.15) is 23.4 Å². The van der Waals surface area contributed by atoms with Crippen molar-refractivity contribution in [2.24, 2.45) is 0 Å². The molecule has 0 aliphatic heterocycles. The minimum absolute atomic E-state index is 0.0464. The highest BCUT2D eigenvalue weighted by atomic mass is 19.1. The highest BCUT2D eigenvalue weighted by Crippen LogP contribution is 2.29. The van der Waals surface area contributed by atoms with Gasteiger partial charge in [-0.3, -0.25) is 0 Å². The molecule has 100 valence electrons. The zero-order valence-corrected chi connectivity index (χ0v) is 10.6. The average molecular weight is 271 g/mol. The second-order valence-corrected chi connectivity index (χ2v) is 4.14. The summed E-state index contributed by atoms with van der Waals surface area (Å²) in [7, 11) is 0. The molecule has 0 amide bonds. The number of carboxylic acids is 1. The summed E-state index contributed by atoms with van der Waals surface area (Å²) in [6.07, 6.45) is 0. The van der Waals surface area contributed by atoms with E-state index in [1.807, 2.05) is 6.07 Å². The molecule has 5 heteroatoms. The zero-order valence-electron chi connectivity index (χ0n) is 10.6. The van der Waals surface area contributed by atoms with Crippen LogP contribution < -0.4 is 4.74 Å². The topological polar surface area (TPSA) is 70.3 Å². The van der Waals surface area contributed by atoms with Gasteiger partial charge in [-0.1, -0.05) is 6.07 Å². The van der Waals surface area contributed by atoms with E-state index in [0.717, 1.165) is 6.07 Å². The van der Waals surface area contributed by atoms with Crippen LogP contribution in [0.4, 0.5) is 4.39 Å². The number of rotatable bonds is 3. The van der Waals surface area contributed by atoms with Crippen molar-refractivity contribution < 1.29 is 19.0 Å². The largest absolute Gasteiger partial charge is 0.478 e. The summed E-state index contributed by atoms with van der Waals surface area (Å²) in [5, 5.41) is 17.9. The number of hydrogen-bond acceptors (Lipinski definition) is 3. The highest BCUT2D eigenvalue weighted by Gasteiger charge is 2.11. The van der Waals surface area contributed by atoms with Gasteiger partial charge < -0.3 is 9.84 Å². The van der Waals surface area contributed by atoms with Crippen molar-refractivity contribution in [2.75, 3.05) is 0 Å². The van der Waals surface area contributed by atoms with Crippen LogP contribution in [0.25, 0.3) is 0 Å². The molecule has 0 aromatic heterocycles. The van der Waals surface area contributed by atoms with E-state index in [-0.39, 0.29) is 16.9 Å². The SMILES string of the molecule is Cc1ccc(C(=O)O)cc1Oc1ccc(F)cc1C#N. The van der Waals surface area contributed by atoms with E-state index in [2.05, 4.69) is 0 Å². The minimum atomic E-state index is -1.07. The molecule has 0 unspecified atom stereocenters. The molecule has 2 aromatic rings. The minimum Gasteiger partial charge on any atom is -0.478 e. The predicted octanol–water partition coefficient (Wildman–Crippen LogP) is 3.50. The van der Waals surface area contributed by atoms with Crippen molar-refractivity contribution in [1.29, 1.82) is 5.26 Å². The highest BCUT2D eigenvalue weighted by molar-refractivity contribution is 5.88. The molecule has 1 N–H and O–H groups in total. The number of hydrogen-bond donors (Lipinski definition) is 1. The lowest BCUT2D eigenvalue weighted by Gasteiger charge is -2.10. The summed E-state index contributed by atoms with van der Waals surface area (Å²) in [6.45, 7) is 1.75. The molecule has 2 rings (SSSR count). The molecule has 0 atom stereocenters. The molecule has 0 heterocycles. The Morgan fingerprint density at radius 3 is 2.65 bits per heavy atom. The fourth-order valence-electron chi connectivity index (χ4n) is 1.64. The molecule has 0 bridgehead atoms. The van der Waals surface area contributed by atoms with Crippen LogP contribution in [-0.4, -0.2) is 11.1 Å². The Balaban J connectivity index is 2.42. The number of carbonyl (C=O) groups is 1. The lowest BCUT2D eigenvalue weighted by molar-refractivity contribution is 0.0696. The first-order valence-electron chi connectivity index (χ1n) is 5.72. The van der Waals surface area contributed by atoms with Gasteiger partial charge in [0.2, 0.25) is 0 Å². The molecule has 4 nitrogen and oxygen atoms in total. The molecule has 0 aliphatic rings. The Morgan fingerprint density at radius 2 is 2.00 bits per heavy atom. The smallest absolute Gasteiger partial charge is 0.335 e. The van der Waals surface area contributed by atoms with E-state index in [1.54, 1.807) is 13.0 Å². The van der Waals surface area contributed by atoms with Gasteiger partial charge in [0.15, 0.2) is 0 Å². The molecule has 0 saturated heterocycles. The maximum Gasteiger partial charge on any atom is 0.335 e. The van der Waals surface area contributed by atoms with Gasteiger partial charge >= 0.3 is 5.97 Å². The summed E-state index contributed by atoms with van der Waals surface area (Å²) >= 11 is 0. The van der Waals surface area contributed by atoms with Gasteiger partial charge in [0.05, 0.1) is 11.1 Å². The maximum absolute atomic E-state index is 13.0. The van der Waals surface area contributed by atoms with Crippen molar-refractivity contribution in [2.45, 2.75) is 6.92 Å². The van der Waals surface area contributed by atoms with Gasteiger partial charge in [-0.15, -0.1) is 0 Å². The number of nitriles is 1. The average Bonchev–Trinajstić information content (AvgIpc) is 2.42. The van der Waals surface area contributed by atoms with Crippen molar-refractivity contribution >= 4 is 5.97 Å². The van der Waals surface area contributed by atoms with Crippen LogP contribution in [0.15, 0.2) is 36.4 Å². The number of nitrogens with zero attached hydrogens (tertiary/aromatic N) is 1. The maximum atomic E-state index is 13.0. The van der Waals surface area contributed by atoms with Gasteiger partial charge in [0, 0.05) is 0 Å². The third-order valence-electron chi connectivity index (χ3n) is 2.72. The molecule has 0 radical (unpaired) electrons. The number of aryl methyl sites for hydroxylation is 1. The van der Waals surface area contributed by atoms with E-state index in [0.29, 0.717) is 11.3 Å². The van der Waals surface area contributed by atoms with Crippen molar-refractivity contribution in [3.8, 4) is 17.6 Å². The van der Waals surface area contributed by atoms with Crippen LogP contribution in [-0.2, 0) is 0 Å². The van der Waals surface area contributed by atoms with E-state index in [9.17, 15) is 9.18 Å². The molecule has 0 fully saturated rings. The first kappa shape index (κ1) is 13.6. The van der Waals surface area contributed by atoms with Crippen LogP contribution in [0.2, 0.25) is 0 Å². The van der Waals surface area contributed by atoms with E-state index < -0.39 is 11.8 Å². The van der Waals surface area contributed by atoms with Gasteiger partial charge in [-0.05, 0) is 42.8 Å². The van der Waals surface area contributed by atoms with Crippen LogP contribution in [0.3, 0.4) is 0 Å². The zero-order chi connectivity index (χ0) is 14.7. The van der Waals surface area contributed by atoms with Crippen molar-refractivity contribution in [3.63, 3.8) is 0 Å². The molecule has 0 spiro atoms. The lowest BCUT2D eigenvalue weighted by Crippen LogP contribution is -1.98. The summed E-state index contributed by atoms with van der Waals surface area (Å²) in [5.41, 5.74) is 0.833. The first-order chi connectivity index (χ1) is 9.51. The molecule has 0 aliphatic carbocycles. The Labute approximate surface area is 114 Å². The Kier molecular flexibility index (Phi) is 3.67. The van der Waals surface area contributed by atoms with Crippen molar-refractivity contribution in [3.05, 3.63) is 58.9 Å². The Bertz CT molecular complexity index is 720. The Morgan fingerprint density at radius 1 is 1.25 bits per heavy atom. The third kappa shape index (κ3) is 2.75. The molecule has 20 heavy (non-hydrogen) atoms. The van der Waals surface area contributed by atoms with Crippen LogP contribution in [0, 0.1) is 24.1 Å². The van der Waals surface area contributed by atoms with Crippen LogP contribution in [0.1, 0.15) is 21.5 Å². The van der Waals surface area contributed by atoms with E-state index in [4.69, 9.17) is 15.1 Å². The van der Waals surface area contributed by atoms with Gasteiger partial charge in [-0.2, -0.15) is 5.26 Å². The normalized spacial score (nSPS) is 9.85. The summed E-state index contributed by atoms with van der Waals surface area (Å²) < 4.78 is 18.6. The first-order valence-corrected chi connectivity index (χ1v) is 5.72. The molecule has 2 aromatic carbocycles. The van der Waals surface area contributed by atoms with Crippen molar-refractivity contribution in [1.82, 2.24) is 0 Å². The Hall–Kier alpha value is -2.87. The number of ether oxygens (including phenoxy) is 1. The van der Waals surface area contributed by atoms with Crippen LogP contribution in [0.5, 0.6) is 11.5 Å². The van der Waals surface area contributed by atoms with E-state index >= 15 is 0 Å². The summed E-state index contributed by atoms with van der Waals surface area (Å²) in [4.78, 5) is 10.9.